The smallest absolute Gasteiger partial charge is 0.264 e. The van der Waals surface area contributed by atoms with Crippen molar-refractivity contribution in [3.63, 3.8) is 0 Å². The van der Waals surface area contributed by atoms with Gasteiger partial charge in [-0.3, -0.25) is 4.55 Å². The summed E-state index contributed by atoms with van der Waals surface area (Å²) in [5.74, 6) is 0.750. The van der Waals surface area contributed by atoms with E-state index in [1.165, 1.54) is 32.1 Å². The average Bonchev–Trinajstić information content (AvgIpc) is 2.24. The van der Waals surface area contributed by atoms with Gasteiger partial charge in [0.15, 0.2) is 0 Å². The van der Waals surface area contributed by atoms with Crippen LogP contribution in [0.3, 0.4) is 0 Å². The highest BCUT2D eigenvalue weighted by Crippen LogP contribution is 2.26. The molecular weight excluding hydrogens is 226 g/mol. The fourth-order valence-corrected chi connectivity index (χ4v) is 2.84. The third-order valence-corrected chi connectivity index (χ3v) is 4.24. The van der Waals surface area contributed by atoms with Crippen LogP contribution in [0.1, 0.15) is 45.4 Å². The van der Waals surface area contributed by atoms with Crippen molar-refractivity contribution in [1.82, 2.24) is 5.32 Å². The van der Waals surface area contributed by atoms with Crippen LogP contribution in [0.15, 0.2) is 0 Å². The predicted molar refractivity (Wildman–Crippen MR) is 65.1 cm³/mol. The van der Waals surface area contributed by atoms with E-state index in [4.69, 9.17) is 4.55 Å². The first-order chi connectivity index (χ1) is 7.51. The Morgan fingerprint density at radius 1 is 1.25 bits per heavy atom. The van der Waals surface area contributed by atoms with Crippen LogP contribution in [0, 0.1) is 5.92 Å². The average molecular weight is 249 g/mol. The van der Waals surface area contributed by atoms with Crippen molar-refractivity contribution in [3.8, 4) is 0 Å². The minimum atomic E-state index is -3.78. The molecule has 16 heavy (non-hydrogen) atoms. The molecule has 0 aromatic carbocycles. The van der Waals surface area contributed by atoms with Crippen molar-refractivity contribution >= 4 is 10.1 Å². The van der Waals surface area contributed by atoms with Crippen molar-refractivity contribution in [3.05, 3.63) is 0 Å². The molecule has 1 fully saturated rings. The summed E-state index contributed by atoms with van der Waals surface area (Å²) >= 11 is 0. The van der Waals surface area contributed by atoms with E-state index in [2.05, 4.69) is 12.2 Å². The summed E-state index contributed by atoms with van der Waals surface area (Å²) in [5.41, 5.74) is 0. The molecule has 0 bridgehead atoms. The van der Waals surface area contributed by atoms with E-state index in [1.807, 2.05) is 0 Å². The summed E-state index contributed by atoms with van der Waals surface area (Å²) in [7, 11) is -3.78. The molecule has 0 spiro atoms. The quantitative estimate of drug-likeness (QED) is 0.556. The van der Waals surface area contributed by atoms with Gasteiger partial charge in [-0.15, -0.1) is 0 Å². The van der Waals surface area contributed by atoms with Crippen LogP contribution in [0.4, 0.5) is 0 Å². The molecule has 2 N–H and O–H groups in total. The highest BCUT2D eigenvalue weighted by Gasteiger charge is 2.19. The SMILES string of the molecule is CCC1CCC(NCCCS(=O)(=O)O)CC1. The minimum Gasteiger partial charge on any atom is -0.314 e. The van der Waals surface area contributed by atoms with E-state index < -0.39 is 10.1 Å². The second-order valence-electron chi connectivity index (χ2n) is 4.72. The van der Waals surface area contributed by atoms with Gasteiger partial charge in [0.1, 0.15) is 0 Å². The first-order valence-electron chi connectivity index (χ1n) is 6.20. The fraction of sp³-hybridized carbons (Fsp3) is 1.00. The van der Waals surface area contributed by atoms with Crippen molar-refractivity contribution in [2.45, 2.75) is 51.5 Å². The molecule has 0 heterocycles. The number of rotatable bonds is 6. The second-order valence-corrected chi connectivity index (χ2v) is 6.29. The summed E-state index contributed by atoms with van der Waals surface area (Å²) in [6.45, 7) is 2.92. The molecule has 0 aromatic rings. The lowest BCUT2D eigenvalue weighted by atomic mass is 9.84. The molecule has 5 heteroatoms. The summed E-state index contributed by atoms with van der Waals surface area (Å²) in [5, 5.41) is 3.36. The molecule has 0 radical (unpaired) electrons. The van der Waals surface area contributed by atoms with E-state index >= 15 is 0 Å². The number of hydrogen-bond acceptors (Lipinski definition) is 3. The van der Waals surface area contributed by atoms with Crippen LogP contribution in [0.25, 0.3) is 0 Å². The lowest BCUT2D eigenvalue weighted by Gasteiger charge is -2.28. The maximum Gasteiger partial charge on any atom is 0.264 e. The lowest BCUT2D eigenvalue weighted by molar-refractivity contribution is 0.286. The monoisotopic (exact) mass is 249 g/mol. The third kappa shape index (κ3) is 5.82. The predicted octanol–water partition coefficient (Wildman–Crippen LogP) is 1.82. The molecule has 4 nitrogen and oxygen atoms in total. The van der Waals surface area contributed by atoms with Gasteiger partial charge in [0.25, 0.3) is 10.1 Å². The zero-order chi connectivity index (χ0) is 12.0. The highest BCUT2D eigenvalue weighted by molar-refractivity contribution is 7.85. The molecule has 1 rings (SSSR count). The van der Waals surface area contributed by atoms with Crippen LogP contribution in [0.2, 0.25) is 0 Å². The number of hydrogen-bond donors (Lipinski definition) is 2. The zero-order valence-electron chi connectivity index (χ0n) is 9.98. The molecule has 0 atom stereocenters. The largest absolute Gasteiger partial charge is 0.314 e. The molecule has 0 unspecified atom stereocenters. The summed E-state index contributed by atoms with van der Waals surface area (Å²) in [6, 6.07) is 0.546. The molecule has 1 saturated carbocycles. The normalized spacial score (nSPS) is 26.9. The Hall–Kier alpha value is -0.130. The maximum absolute atomic E-state index is 10.5. The van der Waals surface area contributed by atoms with Crippen LogP contribution < -0.4 is 5.32 Å². The Labute approximate surface area is 98.6 Å². The van der Waals surface area contributed by atoms with Crippen molar-refractivity contribution in [2.75, 3.05) is 12.3 Å². The first kappa shape index (κ1) is 13.9. The van der Waals surface area contributed by atoms with Gasteiger partial charge in [-0.2, -0.15) is 8.42 Å². The molecule has 0 saturated heterocycles. The minimum absolute atomic E-state index is 0.135. The van der Waals surface area contributed by atoms with Gasteiger partial charge in [-0.25, -0.2) is 0 Å². The van der Waals surface area contributed by atoms with Crippen LogP contribution in [-0.4, -0.2) is 31.3 Å². The summed E-state index contributed by atoms with van der Waals surface area (Å²) < 4.78 is 29.5. The Morgan fingerprint density at radius 3 is 2.38 bits per heavy atom. The van der Waals surface area contributed by atoms with Crippen molar-refractivity contribution in [2.24, 2.45) is 5.92 Å². The van der Waals surface area contributed by atoms with Crippen LogP contribution in [-0.2, 0) is 10.1 Å². The van der Waals surface area contributed by atoms with Crippen LogP contribution >= 0.6 is 0 Å². The molecule has 0 amide bonds. The standard InChI is InChI=1S/C11H23NO3S/c1-2-10-4-6-11(7-5-10)12-8-3-9-16(13,14)15/h10-12H,2-9H2,1H3,(H,13,14,15). The van der Waals surface area contributed by atoms with E-state index in [1.54, 1.807) is 0 Å². The van der Waals surface area contributed by atoms with Gasteiger partial charge in [0.05, 0.1) is 5.75 Å². The van der Waals surface area contributed by atoms with Gasteiger partial charge in [0, 0.05) is 6.04 Å². The Bertz CT molecular complexity index is 282. The van der Waals surface area contributed by atoms with Crippen molar-refractivity contribution < 1.29 is 13.0 Å². The summed E-state index contributed by atoms with van der Waals surface area (Å²) in [4.78, 5) is 0. The van der Waals surface area contributed by atoms with E-state index in [0.717, 1.165) is 5.92 Å². The third-order valence-electron chi connectivity index (χ3n) is 3.44. The highest BCUT2D eigenvalue weighted by atomic mass is 32.2. The number of nitrogens with one attached hydrogen (secondary N) is 1. The zero-order valence-corrected chi connectivity index (χ0v) is 10.8. The summed E-state index contributed by atoms with van der Waals surface area (Å²) in [6.07, 6.45) is 6.73. The topological polar surface area (TPSA) is 66.4 Å². The van der Waals surface area contributed by atoms with Gasteiger partial charge < -0.3 is 5.32 Å². The molecule has 1 aliphatic rings. The molecule has 0 aromatic heterocycles. The molecular formula is C11H23NO3S. The maximum atomic E-state index is 10.5. The lowest BCUT2D eigenvalue weighted by Crippen LogP contribution is -2.34. The van der Waals surface area contributed by atoms with E-state index in [0.29, 0.717) is 19.0 Å². The van der Waals surface area contributed by atoms with E-state index in [-0.39, 0.29) is 5.75 Å². The van der Waals surface area contributed by atoms with Gasteiger partial charge in [0.2, 0.25) is 0 Å². The fourth-order valence-electron chi connectivity index (χ4n) is 2.34. The second kappa shape index (κ2) is 6.57. The van der Waals surface area contributed by atoms with Gasteiger partial charge in [-0.1, -0.05) is 13.3 Å². The Balaban J connectivity index is 2.07. The van der Waals surface area contributed by atoms with E-state index in [9.17, 15) is 8.42 Å². The molecule has 1 aliphatic carbocycles. The first-order valence-corrected chi connectivity index (χ1v) is 7.80. The Kier molecular flexibility index (Phi) is 5.72. The molecule has 0 aliphatic heterocycles. The molecule has 96 valence electrons. The van der Waals surface area contributed by atoms with Crippen LogP contribution in [0.5, 0.6) is 0 Å². The Morgan fingerprint density at radius 2 is 1.88 bits per heavy atom. The van der Waals surface area contributed by atoms with Crippen molar-refractivity contribution in [1.29, 1.82) is 0 Å². The van der Waals surface area contributed by atoms with Gasteiger partial charge >= 0.3 is 0 Å². The van der Waals surface area contributed by atoms with Gasteiger partial charge in [-0.05, 0) is 44.6 Å².